The second-order valence-electron chi connectivity index (χ2n) is 9.05. The van der Waals surface area contributed by atoms with Crippen LogP contribution in [0.2, 0.25) is 0 Å². The van der Waals surface area contributed by atoms with Crippen LogP contribution in [-0.2, 0) is 19.1 Å². The van der Waals surface area contributed by atoms with Crippen molar-refractivity contribution in [3.05, 3.63) is 85.6 Å². The molecule has 216 valence electrons. The molecule has 1 aromatic heterocycles. The summed E-state index contributed by atoms with van der Waals surface area (Å²) in [7, 11) is 1.24. The van der Waals surface area contributed by atoms with Crippen molar-refractivity contribution in [3.63, 3.8) is 0 Å². The van der Waals surface area contributed by atoms with Crippen LogP contribution in [0, 0.1) is 5.92 Å². The van der Waals surface area contributed by atoms with Crippen molar-refractivity contribution in [1.82, 2.24) is 9.88 Å². The van der Waals surface area contributed by atoms with Gasteiger partial charge in [-0.05, 0) is 62.0 Å². The zero-order valence-electron chi connectivity index (χ0n) is 22.9. The van der Waals surface area contributed by atoms with Gasteiger partial charge in [0.25, 0.3) is 5.56 Å². The van der Waals surface area contributed by atoms with Crippen LogP contribution in [0.4, 0.5) is 5.69 Å². The molecule has 3 heterocycles. The highest BCUT2D eigenvalue weighted by molar-refractivity contribution is 7.80. The third-order valence-electron chi connectivity index (χ3n) is 6.54. The molecule has 2 atom stereocenters. The number of carbonyl (C=O) groups excluding carboxylic acids is 3. The highest BCUT2D eigenvalue weighted by Gasteiger charge is 2.39. The van der Waals surface area contributed by atoms with Gasteiger partial charge in [0.15, 0.2) is 21.4 Å². The largest absolute Gasteiger partial charge is 0.490 e. The van der Waals surface area contributed by atoms with E-state index in [0.29, 0.717) is 36.0 Å². The highest BCUT2D eigenvalue weighted by atomic mass is 32.1. The lowest BCUT2D eigenvalue weighted by atomic mass is 9.97. The summed E-state index contributed by atoms with van der Waals surface area (Å²) in [5.74, 6) is -2.28. The zero-order valence-corrected chi connectivity index (χ0v) is 24.5. The number of thiazole rings is 1. The lowest BCUT2D eigenvalue weighted by molar-refractivity contribution is -0.136. The molecule has 1 saturated heterocycles. The van der Waals surface area contributed by atoms with E-state index in [1.807, 2.05) is 13.8 Å². The van der Waals surface area contributed by atoms with Crippen LogP contribution < -0.4 is 34.6 Å². The van der Waals surface area contributed by atoms with Crippen LogP contribution in [0.3, 0.4) is 0 Å². The average Bonchev–Trinajstić information content (AvgIpc) is 3.30. The fourth-order valence-electron chi connectivity index (χ4n) is 4.71. The number of hydrogen-bond acceptors (Lipinski definition) is 10. The summed E-state index contributed by atoms with van der Waals surface area (Å²) in [6.45, 7) is 4.47. The molecule has 2 amide bonds. The Hall–Kier alpha value is -4.62. The molecule has 0 saturated carbocycles. The van der Waals surface area contributed by atoms with Gasteiger partial charge in [0, 0.05) is 6.20 Å². The minimum Gasteiger partial charge on any atom is -0.490 e. The van der Waals surface area contributed by atoms with Crippen molar-refractivity contribution in [2.45, 2.75) is 19.9 Å². The monoisotopic (exact) mass is 606 g/mol. The Balaban J connectivity index is 1.63. The second-order valence-corrected chi connectivity index (χ2v) is 10.4. The van der Waals surface area contributed by atoms with E-state index in [-0.39, 0.29) is 20.0 Å². The molecule has 3 aromatic rings. The van der Waals surface area contributed by atoms with Gasteiger partial charge in [0.05, 0.1) is 42.2 Å². The highest BCUT2D eigenvalue weighted by Crippen LogP contribution is 2.35. The minimum absolute atomic E-state index is 0.0503. The molecule has 0 radical (unpaired) electrons. The van der Waals surface area contributed by atoms with Gasteiger partial charge in [-0.15, -0.1) is 0 Å². The smallest absolute Gasteiger partial charge is 0.337 e. The van der Waals surface area contributed by atoms with Crippen LogP contribution in [0.5, 0.6) is 11.5 Å². The molecule has 2 aliphatic heterocycles. The van der Waals surface area contributed by atoms with Crippen LogP contribution in [0.15, 0.2) is 70.1 Å². The van der Waals surface area contributed by atoms with Crippen molar-refractivity contribution in [3.8, 4) is 11.5 Å². The Morgan fingerprint density at radius 2 is 1.79 bits per heavy atom. The second kappa shape index (κ2) is 12.1. The number of carbonyl (C=O) groups is 3. The summed E-state index contributed by atoms with van der Waals surface area (Å²) >= 11 is 6.26. The van der Waals surface area contributed by atoms with E-state index in [4.69, 9.17) is 26.4 Å². The summed E-state index contributed by atoms with van der Waals surface area (Å²) in [6, 6.07) is 12.9. The van der Waals surface area contributed by atoms with Gasteiger partial charge in [-0.2, -0.15) is 0 Å². The molecule has 11 nitrogen and oxygen atoms in total. The number of rotatable bonds is 8. The fraction of sp³-hybridized carbons (Fsp3) is 0.241. The third-order valence-corrected chi connectivity index (χ3v) is 7.84. The first-order valence-electron chi connectivity index (χ1n) is 13.0. The maximum atomic E-state index is 13.9. The number of methoxy groups -OCH3 is 1. The van der Waals surface area contributed by atoms with E-state index in [2.05, 4.69) is 10.3 Å². The number of aromatic nitrogens is 1. The van der Waals surface area contributed by atoms with Gasteiger partial charge >= 0.3 is 5.97 Å². The van der Waals surface area contributed by atoms with Crippen LogP contribution in [0.1, 0.15) is 25.5 Å². The minimum atomic E-state index is -1.33. The molecule has 0 spiro atoms. The number of nitrogens with zero attached hydrogens (tertiary/aromatic N) is 3. The van der Waals surface area contributed by atoms with Crippen LogP contribution in [-0.4, -0.2) is 47.8 Å². The number of fused-ring (bicyclic) bond motifs is 1. The quantitative estimate of drug-likeness (QED) is 0.234. The maximum Gasteiger partial charge on any atom is 0.337 e. The predicted octanol–water partition coefficient (Wildman–Crippen LogP) is 1.83. The Bertz CT molecular complexity index is 1800. The Morgan fingerprint density at radius 1 is 1.07 bits per heavy atom. The summed E-state index contributed by atoms with van der Waals surface area (Å²) in [4.78, 5) is 58.9. The molecule has 0 aliphatic carbocycles. The Kier molecular flexibility index (Phi) is 8.31. The van der Waals surface area contributed by atoms with E-state index in [9.17, 15) is 19.2 Å². The number of anilines is 1. The fourth-order valence-corrected chi connectivity index (χ4v) is 5.99. The van der Waals surface area contributed by atoms with E-state index in [0.717, 1.165) is 11.3 Å². The summed E-state index contributed by atoms with van der Waals surface area (Å²) in [6.07, 6.45) is 2.66. The predicted molar refractivity (Wildman–Crippen MR) is 159 cm³/mol. The molecular formula is C29H26N4O7S2. The number of benzene rings is 2. The molecule has 42 heavy (non-hydrogen) atoms. The topological polar surface area (TPSA) is 129 Å². The third kappa shape index (κ3) is 5.23. The normalized spacial score (nSPS) is 18.5. The number of hydrogen-bond donors (Lipinski definition) is 1. The van der Waals surface area contributed by atoms with Crippen molar-refractivity contribution < 1.29 is 28.6 Å². The van der Waals surface area contributed by atoms with E-state index in [1.54, 1.807) is 48.5 Å². The van der Waals surface area contributed by atoms with E-state index < -0.39 is 35.3 Å². The first kappa shape index (κ1) is 28.9. The number of para-hydroxylation sites is 1. The molecule has 0 unspecified atom stereocenters. The molecule has 2 aromatic carbocycles. The van der Waals surface area contributed by atoms with E-state index in [1.165, 1.54) is 28.9 Å². The molecule has 1 N–H and O–H groups in total. The standard InChI is InChI=1S/C29H26N4O7S2/c1-4-39-20-12-11-16(13-21(20)40-5-2)23-19(27(37)38-3)15-30-29-33(23)26(36)22(42-29)14-18-24(34)31-28(41)32(25(18)35)17-9-7-6-8-10-17/h6-15,18,23H,4-5H2,1-3H3,(H,31,34,41)/b22-14-/t18-,23-/m0/s1. The van der Waals surface area contributed by atoms with Gasteiger partial charge < -0.3 is 19.5 Å². The molecule has 0 bridgehead atoms. The Labute approximate surface area is 249 Å². The first-order chi connectivity index (χ1) is 20.3. The molecule has 13 heteroatoms. The van der Waals surface area contributed by atoms with Crippen molar-refractivity contribution in [2.24, 2.45) is 10.9 Å². The van der Waals surface area contributed by atoms with Crippen molar-refractivity contribution >= 4 is 58.2 Å². The van der Waals surface area contributed by atoms with Gasteiger partial charge in [0.1, 0.15) is 5.92 Å². The van der Waals surface area contributed by atoms with Gasteiger partial charge in [-0.1, -0.05) is 35.6 Å². The molecule has 5 rings (SSSR count). The molecule has 1 fully saturated rings. The van der Waals surface area contributed by atoms with Gasteiger partial charge in [-0.3, -0.25) is 23.9 Å². The van der Waals surface area contributed by atoms with Crippen LogP contribution >= 0.6 is 23.6 Å². The van der Waals surface area contributed by atoms with Crippen molar-refractivity contribution in [1.29, 1.82) is 0 Å². The number of esters is 1. The number of ether oxygens (including phenoxy) is 3. The number of thiocarbonyl (C=S) groups is 1. The molecule has 2 aliphatic rings. The maximum absolute atomic E-state index is 13.9. The van der Waals surface area contributed by atoms with Crippen molar-refractivity contribution in [2.75, 3.05) is 25.2 Å². The SMILES string of the molecule is CCOc1ccc([C@H]2C(C(=O)OC)=CN=c3s/c(=C\[C@H]4C(=O)NC(=S)N(c5ccccc5)C4=O)c(=O)n32)cc1OCC. The lowest BCUT2D eigenvalue weighted by Crippen LogP contribution is -2.58. The summed E-state index contributed by atoms with van der Waals surface area (Å²) in [5, 5.41) is 2.50. The molecular weight excluding hydrogens is 580 g/mol. The number of amides is 2. The van der Waals surface area contributed by atoms with Gasteiger partial charge in [-0.25, -0.2) is 9.79 Å². The Morgan fingerprint density at radius 3 is 2.48 bits per heavy atom. The zero-order chi connectivity index (χ0) is 30.0. The van der Waals surface area contributed by atoms with E-state index >= 15 is 0 Å². The van der Waals surface area contributed by atoms with Crippen LogP contribution in [0.25, 0.3) is 6.08 Å². The lowest BCUT2D eigenvalue weighted by Gasteiger charge is -2.31. The van der Waals surface area contributed by atoms with Gasteiger partial charge in [0.2, 0.25) is 11.8 Å². The first-order valence-corrected chi connectivity index (χ1v) is 14.2. The summed E-state index contributed by atoms with van der Waals surface area (Å²) < 4.78 is 17.9. The summed E-state index contributed by atoms with van der Waals surface area (Å²) in [5.41, 5.74) is 0.615. The number of nitrogens with one attached hydrogen (secondary N) is 1. The average molecular weight is 607 g/mol.